The van der Waals surface area contributed by atoms with Crippen molar-refractivity contribution in [3.63, 3.8) is 0 Å². The third-order valence-corrected chi connectivity index (χ3v) is 6.41. The van der Waals surface area contributed by atoms with Crippen LogP contribution in [0.2, 0.25) is 0 Å². The Kier molecular flexibility index (Phi) is 5.84. The van der Waals surface area contributed by atoms with E-state index in [-0.39, 0.29) is 29.5 Å². The number of rotatable bonds is 4. The average Bonchev–Trinajstić information content (AvgIpc) is 2.85. The first-order chi connectivity index (χ1) is 16.1. The van der Waals surface area contributed by atoms with Gasteiger partial charge in [-0.15, -0.1) is 0 Å². The van der Waals surface area contributed by atoms with E-state index in [9.17, 15) is 13.6 Å². The molecule has 1 N–H and O–H groups in total. The van der Waals surface area contributed by atoms with E-state index in [1.54, 1.807) is 24.3 Å². The highest BCUT2D eigenvalue weighted by Crippen LogP contribution is 2.47. The Hall–Kier alpha value is -3.63. The van der Waals surface area contributed by atoms with Crippen LogP contribution < -0.4 is 5.32 Å². The number of hydrogen-bond donors (Lipinski definition) is 1. The summed E-state index contributed by atoms with van der Waals surface area (Å²) in [6.45, 7) is 0. The van der Waals surface area contributed by atoms with Gasteiger partial charge >= 0.3 is 0 Å². The van der Waals surface area contributed by atoms with Crippen LogP contribution in [0.4, 0.5) is 8.78 Å². The van der Waals surface area contributed by atoms with Crippen molar-refractivity contribution in [2.24, 2.45) is 0 Å². The van der Waals surface area contributed by atoms with Crippen molar-refractivity contribution < 1.29 is 13.6 Å². The van der Waals surface area contributed by atoms with Gasteiger partial charge in [0.2, 0.25) is 0 Å². The van der Waals surface area contributed by atoms with E-state index in [1.165, 1.54) is 24.3 Å². The zero-order chi connectivity index (χ0) is 22.8. The lowest BCUT2D eigenvalue weighted by Gasteiger charge is -2.42. The van der Waals surface area contributed by atoms with Gasteiger partial charge in [-0.1, -0.05) is 84.9 Å². The van der Waals surface area contributed by atoms with Gasteiger partial charge in [0, 0.05) is 12.1 Å². The molecule has 33 heavy (non-hydrogen) atoms. The maximum absolute atomic E-state index is 14.2. The van der Waals surface area contributed by atoms with Crippen LogP contribution in [0, 0.1) is 11.6 Å². The summed E-state index contributed by atoms with van der Waals surface area (Å²) >= 11 is 0. The number of nitrogens with one attached hydrogen (secondary N) is 1. The van der Waals surface area contributed by atoms with Crippen LogP contribution in [0.5, 0.6) is 0 Å². The summed E-state index contributed by atoms with van der Waals surface area (Å²) in [7, 11) is 0. The minimum absolute atomic E-state index is 0.0785. The molecule has 1 fully saturated rings. The zero-order valence-electron chi connectivity index (χ0n) is 17.9. The number of halogens is 2. The Morgan fingerprint density at radius 1 is 0.485 bits per heavy atom. The van der Waals surface area contributed by atoms with E-state index in [1.807, 2.05) is 60.7 Å². The molecule has 0 bridgehead atoms. The molecular weight excluding hydrogens is 416 g/mol. The molecule has 4 atom stereocenters. The van der Waals surface area contributed by atoms with Crippen LogP contribution in [0.15, 0.2) is 109 Å². The molecule has 0 aromatic heterocycles. The van der Waals surface area contributed by atoms with Crippen molar-refractivity contribution in [1.29, 1.82) is 0 Å². The normalized spacial score (nSPS) is 22.8. The molecule has 4 aromatic rings. The Bertz CT molecular complexity index is 1130. The van der Waals surface area contributed by atoms with Gasteiger partial charge in [0.05, 0.1) is 11.8 Å². The van der Waals surface area contributed by atoms with E-state index in [0.717, 1.165) is 22.3 Å². The predicted molar refractivity (Wildman–Crippen MR) is 125 cm³/mol. The van der Waals surface area contributed by atoms with E-state index >= 15 is 0 Å². The largest absolute Gasteiger partial charge is 0.301 e. The molecule has 0 radical (unpaired) electrons. The molecule has 1 aliphatic rings. The maximum Gasteiger partial charge on any atom is 0.151 e. The fraction of sp³-hybridized carbons (Fsp3) is 0.138. The van der Waals surface area contributed by atoms with Gasteiger partial charge in [-0.05, 0) is 46.5 Å². The second-order valence-corrected chi connectivity index (χ2v) is 8.40. The first-order valence-electron chi connectivity index (χ1n) is 11.0. The fourth-order valence-electron chi connectivity index (χ4n) is 4.86. The lowest BCUT2D eigenvalue weighted by atomic mass is 9.70. The Morgan fingerprint density at radius 3 is 1.21 bits per heavy atom. The Balaban J connectivity index is 1.67. The summed E-state index contributed by atoms with van der Waals surface area (Å²) in [6, 6.07) is 31.2. The molecule has 5 rings (SSSR count). The molecule has 0 saturated carbocycles. The summed E-state index contributed by atoms with van der Waals surface area (Å²) < 4.78 is 27.4. The predicted octanol–water partition coefficient (Wildman–Crippen LogP) is 6.49. The molecule has 0 amide bonds. The van der Waals surface area contributed by atoms with Crippen molar-refractivity contribution in [2.75, 3.05) is 0 Å². The molecule has 1 aliphatic heterocycles. The van der Waals surface area contributed by atoms with Crippen molar-refractivity contribution >= 4 is 5.78 Å². The highest BCUT2D eigenvalue weighted by Gasteiger charge is 2.45. The summed E-state index contributed by atoms with van der Waals surface area (Å²) in [4.78, 5) is 14.2. The van der Waals surface area contributed by atoms with Gasteiger partial charge in [0.15, 0.2) is 5.78 Å². The minimum Gasteiger partial charge on any atom is -0.301 e. The molecule has 0 spiro atoms. The number of piperidine rings is 1. The molecule has 0 aliphatic carbocycles. The number of carbonyl (C=O) groups is 1. The van der Waals surface area contributed by atoms with Gasteiger partial charge in [-0.3, -0.25) is 4.79 Å². The maximum atomic E-state index is 14.2. The molecule has 2 nitrogen and oxygen atoms in total. The van der Waals surface area contributed by atoms with Gasteiger partial charge in [0.25, 0.3) is 0 Å². The third-order valence-electron chi connectivity index (χ3n) is 6.41. The Morgan fingerprint density at radius 2 is 0.848 bits per heavy atom. The number of Topliss-reactive ketones (excluding diaryl/α,β-unsaturated/α-hetero) is 1. The van der Waals surface area contributed by atoms with Crippen molar-refractivity contribution in [2.45, 2.75) is 23.9 Å². The molecule has 4 heteroatoms. The standard InChI is InChI=1S/C29H23F2NO/c30-23-15-11-21(12-16-23)27-25(19-7-3-1-4-8-19)29(33)26(20-9-5-2-6-10-20)28(32-27)22-13-17-24(31)18-14-22/h1-18,25-28,32H/t25-,26+,27-,28+. The molecular formula is C29H23F2NO. The quantitative estimate of drug-likeness (QED) is 0.394. The van der Waals surface area contributed by atoms with Crippen molar-refractivity contribution in [1.82, 2.24) is 5.32 Å². The topological polar surface area (TPSA) is 29.1 Å². The van der Waals surface area contributed by atoms with Crippen molar-refractivity contribution in [3.05, 3.63) is 143 Å². The number of ketones is 1. The molecule has 1 heterocycles. The van der Waals surface area contributed by atoms with E-state index < -0.39 is 11.8 Å². The van der Waals surface area contributed by atoms with Crippen LogP contribution in [0.25, 0.3) is 0 Å². The van der Waals surface area contributed by atoms with E-state index in [4.69, 9.17) is 0 Å². The molecule has 4 aromatic carbocycles. The number of benzene rings is 4. The first kappa shape index (κ1) is 21.2. The lowest BCUT2D eigenvalue weighted by molar-refractivity contribution is -0.125. The monoisotopic (exact) mass is 439 g/mol. The minimum atomic E-state index is -0.460. The van der Waals surface area contributed by atoms with Crippen LogP contribution in [-0.4, -0.2) is 5.78 Å². The second kappa shape index (κ2) is 9.08. The van der Waals surface area contributed by atoms with Gasteiger partial charge < -0.3 is 5.32 Å². The number of carbonyl (C=O) groups excluding carboxylic acids is 1. The zero-order valence-corrected chi connectivity index (χ0v) is 17.9. The van der Waals surface area contributed by atoms with E-state index in [0.29, 0.717) is 0 Å². The van der Waals surface area contributed by atoms with E-state index in [2.05, 4.69) is 5.32 Å². The fourth-order valence-corrected chi connectivity index (χ4v) is 4.86. The highest BCUT2D eigenvalue weighted by molar-refractivity contribution is 5.94. The highest BCUT2D eigenvalue weighted by atomic mass is 19.1. The summed E-state index contributed by atoms with van der Waals surface area (Å²) in [5.74, 6) is -1.49. The lowest BCUT2D eigenvalue weighted by Crippen LogP contribution is -2.46. The second-order valence-electron chi connectivity index (χ2n) is 8.40. The number of hydrogen-bond acceptors (Lipinski definition) is 2. The van der Waals surface area contributed by atoms with Crippen LogP contribution in [0.3, 0.4) is 0 Å². The Labute approximate surface area is 191 Å². The SMILES string of the molecule is O=C1[C@H](c2ccccc2)[C@@H](c2ccc(F)cc2)N[C@@H](c2ccc(F)cc2)[C@@H]1c1ccccc1. The summed E-state index contributed by atoms with van der Waals surface area (Å²) in [5, 5.41) is 3.69. The molecule has 1 saturated heterocycles. The van der Waals surface area contributed by atoms with Gasteiger partial charge in [-0.25, -0.2) is 8.78 Å². The van der Waals surface area contributed by atoms with Crippen LogP contribution in [0.1, 0.15) is 46.2 Å². The van der Waals surface area contributed by atoms with Gasteiger partial charge in [0.1, 0.15) is 11.6 Å². The van der Waals surface area contributed by atoms with Gasteiger partial charge in [-0.2, -0.15) is 0 Å². The summed E-state index contributed by atoms with van der Waals surface area (Å²) in [5.41, 5.74) is 3.47. The molecule has 164 valence electrons. The van der Waals surface area contributed by atoms with Crippen LogP contribution >= 0.6 is 0 Å². The van der Waals surface area contributed by atoms with Crippen LogP contribution in [-0.2, 0) is 4.79 Å². The molecule has 0 unspecified atom stereocenters. The average molecular weight is 440 g/mol. The third kappa shape index (κ3) is 4.22. The summed E-state index contributed by atoms with van der Waals surface area (Å²) in [6.07, 6.45) is 0. The smallest absolute Gasteiger partial charge is 0.151 e. The van der Waals surface area contributed by atoms with Crippen molar-refractivity contribution in [3.8, 4) is 0 Å². The first-order valence-corrected chi connectivity index (χ1v) is 11.0.